The Morgan fingerprint density at radius 2 is 1.95 bits per heavy atom. The van der Waals surface area contributed by atoms with E-state index in [1.54, 1.807) is 7.11 Å². The minimum Gasteiger partial charge on any atom is -0.496 e. The molecule has 0 radical (unpaired) electrons. The Balaban J connectivity index is 2.10. The second kappa shape index (κ2) is 7.43. The molecule has 0 amide bonds. The fourth-order valence-corrected chi connectivity index (χ4v) is 2.59. The van der Waals surface area contributed by atoms with Gasteiger partial charge in [0.2, 0.25) is 0 Å². The maximum atomic E-state index is 5.88. The molecule has 2 aromatic rings. The molecular weight excluding hydrogens is 332 g/mol. The first kappa shape index (κ1) is 15.8. The van der Waals surface area contributed by atoms with Crippen LogP contribution in [0.1, 0.15) is 17.0 Å². The number of aromatic nitrogens is 1. The van der Waals surface area contributed by atoms with Crippen LogP contribution >= 0.6 is 15.9 Å². The number of hydrogen-bond acceptors (Lipinski definition) is 4. The molecule has 4 nitrogen and oxygen atoms in total. The number of hydrogen-bond donors (Lipinski definition) is 1. The summed E-state index contributed by atoms with van der Waals surface area (Å²) >= 11 is 3.47. The highest BCUT2D eigenvalue weighted by atomic mass is 79.9. The molecule has 0 aliphatic rings. The summed E-state index contributed by atoms with van der Waals surface area (Å²) in [6, 6.07) is 9.78. The maximum absolute atomic E-state index is 5.88. The molecule has 2 rings (SSSR count). The van der Waals surface area contributed by atoms with Crippen LogP contribution in [0.4, 0.5) is 0 Å². The molecule has 1 aromatic heterocycles. The Morgan fingerprint density at radius 1 is 1.19 bits per heavy atom. The Morgan fingerprint density at radius 3 is 2.62 bits per heavy atom. The molecule has 0 bridgehead atoms. The lowest BCUT2D eigenvalue weighted by Crippen LogP contribution is -2.08. The van der Waals surface area contributed by atoms with Crippen LogP contribution in [-0.4, -0.2) is 18.6 Å². The van der Waals surface area contributed by atoms with Crippen LogP contribution in [0.3, 0.4) is 0 Å². The van der Waals surface area contributed by atoms with Crippen LogP contribution in [-0.2, 0) is 13.0 Å². The lowest BCUT2D eigenvalue weighted by Gasteiger charge is -2.12. The largest absolute Gasteiger partial charge is 0.496 e. The summed E-state index contributed by atoms with van der Waals surface area (Å²) < 4.78 is 12.0. The first-order valence-corrected chi connectivity index (χ1v) is 7.55. The molecule has 0 saturated carbocycles. The highest BCUT2D eigenvalue weighted by molar-refractivity contribution is 9.10. The Hall–Kier alpha value is -1.59. The number of benzene rings is 1. The van der Waals surface area contributed by atoms with Gasteiger partial charge in [-0.25, -0.2) is 0 Å². The number of nitrogens with two attached hydrogens (primary N) is 1. The Bertz CT molecular complexity index is 617. The second-order valence-electron chi connectivity index (χ2n) is 4.69. The van der Waals surface area contributed by atoms with Crippen molar-refractivity contribution < 1.29 is 9.47 Å². The van der Waals surface area contributed by atoms with Crippen molar-refractivity contribution in [3.63, 3.8) is 0 Å². The zero-order chi connectivity index (χ0) is 15.2. The predicted octanol–water partition coefficient (Wildman–Crippen LogP) is 3.24. The average Bonchev–Trinajstić information content (AvgIpc) is 2.47. The van der Waals surface area contributed by atoms with Gasteiger partial charge in [0.05, 0.1) is 17.3 Å². The quantitative estimate of drug-likeness (QED) is 0.868. The Kier molecular flexibility index (Phi) is 5.59. The third-order valence-electron chi connectivity index (χ3n) is 3.06. The van der Waals surface area contributed by atoms with E-state index in [4.69, 9.17) is 15.2 Å². The molecule has 0 fully saturated rings. The summed E-state index contributed by atoms with van der Waals surface area (Å²) in [5.74, 6) is 1.59. The number of nitrogens with zero attached hydrogens (tertiary/aromatic N) is 1. The number of pyridine rings is 1. The monoisotopic (exact) mass is 350 g/mol. The van der Waals surface area contributed by atoms with Gasteiger partial charge in [-0.2, -0.15) is 0 Å². The van der Waals surface area contributed by atoms with Crippen molar-refractivity contribution in [1.82, 2.24) is 4.98 Å². The number of halogens is 1. The van der Waals surface area contributed by atoms with E-state index in [2.05, 4.69) is 20.9 Å². The minimum atomic E-state index is 0.477. The maximum Gasteiger partial charge on any atom is 0.141 e. The molecule has 1 heterocycles. The third-order valence-corrected chi connectivity index (χ3v) is 3.68. The van der Waals surface area contributed by atoms with E-state index < -0.39 is 0 Å². The Labute approximate surface area is 133 Å². The van der Waals surface area contributed by atoms with Crippen LogP contribution < -0.4 is 15.2 Å². The zero-order valence-electron chi connectivity index (χ0n) is 12.2. The predicted molar refractivity (Wildman–Crippen MR) is 86.8 cm³/mol. The van der Waals surface area contributed by atoms with E-state index >= 15 is 0 Å². The van der Waals surface area contributed by atoms with Crippen molar-refractivity contribution in [2.24, 2.45) is 5.73 Å². The molecule has 0 atom stereocenters. The van der Waals surface area contributed by atoms with Crippen molar-refractivity contribution in [3.05, 3.63) is 51.8 Å². The van der Waals surface area contributed by atoms with Crippen molar-refractivity contribution in [3.8, 4) is 11.5 Å². The van der Waals surface area contributed by atoms with E-state index in [1.165, 1.54) is 0 Å². The van der Waals surface area contributed by atoms with E-state index in [0.717, 1.165) is 32.9 Å². The third kappa shape index (κ3) is 4.19. The minimum absolute atomic E-state index is 0.477. The van der Waals surface area contributed by atoms with Gasteiger partial charge in [0.1, 0.15) is 18.1 Å². The summed E-state index contributed by atoms with van der Waals surface area (Å²) in [5.41, 5.74) is 8.56. The zero-order valence-corrected chi connectivity index (χ0v) is 13.8. The molecule has 0 aliphatic heterocycles. The van der Waals surface area contributed by atoms with Crippen molar-refractivity contribution in [1.29, 1.82) is 0 Å². The fourth-order valence-electron chi connectivity index (χ4n) is 2.01. The molecule has 5 heteroatoms. The van der Waals surface area contributed by atoms with Crippen LogP contribution in [0.5, 0.6) is 11.5 Å². The van der Waals surface area contributed by atoms with Crippen LogP contribution in [0.15, 0.2) is 34.8 Å². The summed E-state index contributed by atoms with van der Waals surface area (Å²) in [6.45, 7) is 3.00. The fraction of sp³-hybridized carbons (Fsp3) is 0.312. The number of ether oxygens (including phenoxy) is 2. The number of methoxy groups -OCH3 is 1. The highest BCUT2D eigenvalue weighted by Crippen LogP contribution is 2.26. The van der Waals surface area contributed by atoms with Gasteiger partial charge in [-0.15, -0.1) is 0 Å². The standard InChI is InChI=1S/C16H19BrN2O2/c1-11-3-5-16(14(19-11)7-8-18)21-10-12-4-6-15(20-2)13(17)9-12/h3-6,9H,7-8,10,18H2,1-2H3. The van der Waals surface area contributed by atoms with Crippen molar-refractivity contribution in [2.75, 3.05) is 13.7 Å². The second-order valence-corrected chi connectivity index (χ2v) is 5.55. The normalized spacial score (nSPS) is 10.5. The summed E-state index contributed by atoms with van der Waals surface area (Å²) in [7, 11) is 1.65. The molecular formula is C16H19BrN2O2. The molecule has 2 N–H and O–H groups in total. The molecule has 21 heavy (non-hydrogen) atoms. The lowest BCUT2D eigenvalue weighted by molar-refractivity contribution is 0.300. The molecule has 0 unspecified atom stereocenters. The van der Waals surface area contributed by atoms with Crippen molar-refractivity contribution in [2.45, 2.75) is 20.0 Å². The number of rotatable bonds is 6. The number of aryl methyl sites for hydroxylation is 1. The van der Waals surface area contributed by atoms with Gasteiger partial charge < -0.3 is 15.2 Å². The van der Waals surface area contributed by atoms with Gasteiger partial charge in [0.15, 0.2) is 0 Å². The topological polar surface area (TPSA) is 57.4 Å². The smallest absolute Gasteiger partial charge is 0.141 e. The van der Waals surface area contributed by atoms with Crippen LogP contribution in [0.25, 0.3) is 0 Å². The lowest BCUT2D eigenvalue weighted by atomic mass is 10.2. The molecule has 112 valence electrons. The van der Waals surface area contributed by atoms with E-state index in [1.807, 2.05) is 37.3 Å². The van der Waals surface area contributed by atoms with Gasteiger partial charge in [0, 0.05) is 12.1 Å². The van der Waals surface area contributed by atoms with Crippen LogP contribution in [0.2, 0.25) is 0 Å². The van der Waals surface area contributed by atoms with Crippen molar-refractivity contribution >= 4 is 15.9 Å². The first-order chi connectivity index (χ1) is 10.1. The summed E-state index contributed by atoms with van der Waals surface area (Å²) in [4.78, 5) is 4.49. The summed E-state index contributed by atoms with van der Waals surface area (Å²) in [6.07, 6.45) is 0.712. The average molecular weight is 351 g/mol. The van der Waals surface area contributed by atoms with E-state index in [9.17, 15) is 0 Å². The first-order valence-electron chi connectivity index (χ1n) is 6.76. The van der Waals surface area contributed by atoms with Gasteiger partial charge >= 0.3 is 0 Å². The SMILES string of the molecule is COc1ccc(COc2ccc(C)nc2CCN)cc1Br. The van der Waals surface area contributed by atoms with Gasteiger partial charge in [0.25, 0.3) is 0 Å². The van der Waals surface area contributed by atoms with Gasteiger partial charge in [-0.05, 0) is 59.2 Å². The van der Waals surface area contributed by atoms with E-state index in [-0.39, 0.29) is 0 Å². The molecule has 0 spiro atoms. The molecule has 0 saturated heterocycles. The molecule has 1 aromatic carbocycles. The molecule has 0 aliphatic carbocycles. The van der Waals surface area contributed by atoms with Crippen LogP contribution in [0, 0.1) is 6.92 Å². The highest BCUT2D eigenvalue weighted by Gasteiger charge is 2.07. The summed E-state index contributed by atoms with van der Waals surface area (Å²) in [5, 5.41) is 0. The van der Waals surface area contributed by atoms with Gasteiger partial charge in [-0.3, -0.25) is 4.98 Å². The van der Waals surface area contributed by atoms with Gasteiger partial charge in [-0.1, -0.05) is 6.07 Å². The van der Waals surface area contributed by atoms with E-state index in [0.29, 0.717) is 19.6 Å².